The number of ether oxygens (including phenoxy) is 1. The summed E-state index contributed by atoms with van der Waals surface area (Å²) < 4.78 is 6.62. The minimum atomic E-state index is 0.466. The number of halogens is 1. The summed E-state index contributed by atoms with van der Waals surface area (Å²) in [7, 11) is 0. The van der Waals surface area contributed by atoms with E-state index in [1.165, 1.54) is 5.56 Å². The topological polar surface area (TPSA) is 33.0 Å². The first-order valence-electron chi connectivity index (χ1n) is 6.07. The molecule has 96 valence electrons. The Morgan fingerprint density at radius 1 is 1.16 bits per heavy atom. The zero-order valence-electron chi connectivity index (χ0n) is 10.9. The molecule has 2 aromatic rings. The van der Waals surface area contributed by atoms with Crippen molar-refractivity contribution < 1.29 is 4.74 Å². The molecule has 0 saturated heterocycles. The first kappa shape index (κ1) is 13.6. The largest absolute Gasteiger partial charge is 0.456 e. The molecule has 0 unspecified atom stereocenters. The average molecular weight is 316 g/mol. The lowest BCUT2D eigenvalue weighted by atomic mass is 10.0. The summed E-state index contributed by atoms with van der Waals surface area (Å²) in [5.41, 5.74) is 1.84. The summed E-state index contributed by atoms with van der Waals surface area (Å²) in [6, 6.07) is 15.4. The van der Waals surface area contributed by atoms with Crippen molar-refractivity contribution in [2.75, 3.05) is 0 Å². The van der Waals surface area contributed by atoms with Gasteiger partial charge in [0.15, 0.2) is 0 Å². The lowest BCUT2D eigenvalue weighted by molar-refractivity contribution is 0.478. The molecule has 0 fully saturated rings. The van der Waals surface area contributed by atoms with E-state index in [0.29, 0.717) is 17.2 Å². The fourth-order valence-corrected chi connectivity index (χ4v) is 2.18. The van der Waals surface area contributed by atoms with Crippen LogP contribution in [0.3, 0.4) is 0 Å². The lowest BCUT2D eigenvalue weighted by Gasteiger charge is -2.11. The van der Waals surface area contributed by atoms with Crippen molar-refractivity contribution >= 4 is 15.9 Å². The van der Waals surface area contributed by atoms with Gasteiger partial charge in [-0.3, -0.25) is 0 Å². The molecule has 0 N–H and O–H groups in total. The van der Waals surface area contributed by atoms with Crippen LogP contribution in [0, 0.1) is 11.3 Å². The Hall–Kier alpha value is -1.79. The molecule has 0 heterocycles. The summed E-state index contributed by atoms with van der Waals surface area (Å²) in [5, 5.41) is 8.83. The second-order valence-electron chi connectivity index (χ2n) is 4.59. The average Bonchev–Trinajstić information content (AvgIpc) is 2.41. The molecule has 0 aliphatic carbocycles. The SMILES string of the molecule is CC(C)c1cccc(Oc2ccc(C#N)cc2Br)c1. The number of nitrogens with zero attached hydrogens (tertiary/aromatic N) is 1. The number of benzene rings is 2. The molecule has 19 heavy (non-hydrogen) atoms. The molecule has 0 saturated carbocycles. The van der Waals surface area contributed by atoms with Crippen LogP contribution in [0.1, 0.15) is 30.9 Å². The Bertz CT molecular complexity index is 629. The zero-order chi connectivity index (χ0) is 13.8. The van der Waals surface area contributed by atoms with Crippen LogP contribution in [0.2, 0.25) is 0 Å². The van der Waals surface area contributed by atoms with Gasteiger partial charge in [0.2, 0.25) is 0 Å². The highest BCUT2D eigenvalue weighted by molar-refractivity contribution is 9.10. The van der Waals surface area contributed by atoms with E-state index in [1.54, 1.807) is 18.2 Å². The molecule has 0 radical (unpaired) electrons. The van der Waals surface area contributed by atoms with Crippen LogP contribution in [-0.2, 0) is 0 Å². The van der Waals surface area contributed by atoms with Gasteiger partial charge in [0.1, 0.15) is 11.5 Å². The maximum Gasteiger partial charge on any atom is 0.141 e. The van der Waals surface area contributed by atoms with E-state index in [4.69, 9.17) is 10.00 Å². The highest BCUT2D eigenvalue weighted by Gasteiger charge is 2.06. The van der Waals surface area contributed by atoms with Gasteiger partial charge >= 0.3 is 0 Å². The van der Waals surface area contributed by atoms with Gasteiger partial charge < -0.3 is 4.74 Å². The van der Waals surface area contributed by atoms with Crippen molar-refractivity contribution in [1.29, 1.82) is 5.26 Å². The van der Waals surface area contributed by atoms with Gasteiger partial charge in [0, 0.05) is 0 Å². The van der Waals surface area contributed by atoms with Crippen LogP contribution in [0.4, 0.5) is 0 Å². The third-order valence-electron chi connectivity index (χ3n) is 2.81. The first-order chi connectivity index (χ1) is 9.10. The van der Waals surface area contributed by atoms with Gasteiger partial charge in [0.25, 0.3) is 0 Å². The van der Waals surface area contributed by atoms with Crippen molar-refractivity contribution in [3.8, 4) is 17.6 Å². The molecule has 0 spiro atoms. The van der Waals surface area contributed by atoms with Crippen molar-refractivity contribution in [2.45, 2.75) is 19.8 Å². The summed E-state index contributed by atoms with van der Waals surface area (Å²) in [6.07, 6.45) is 0. The zero-order valence-corrected chi connectivity index (χ0v) is 12.4. The molecule has 0 amide bonds. The van der Waals surface area contributed by atoms with Crippen molar-refractivity contribution in [2.24, 2.45) is 0 Å². The van der Waals surface area contributed by atoms with Gasteiger partial charge in [-0.2, -0.15) is 5.26 Å². The van der Waals surface area contributed by atoms with E-state index >= 15 is 0 Å². The van der Waals surface area contributed by atoms with E-state index in [9.17, 15) is 0 Å². The van der Waals surface area contributed by atoms with Gasteiger partial charge in [-0.25, -0.2) is 0 Å². The molecular formula is C16H14BrNO. The molecule has 2 nitrogen and oxygen atoms in total. The smallest absolute Gasteiger partial charge is 0.141 e. The van der Waals surface area contributed by atoms with Gasteiger partial charge in [-0.15, -0.1) is 0 Å². The van der Waals surface area contributed by atoms with Gasteiger partial charge in [0.05, 0.1) is 16.1 Å². The fourth-order valence-electron chi connectivity index (χ4n) is 1.72. The summed E-state index contributed by atoms with van der Waals surface area (Å²) in [5.74, 6) is 1.98. The molecule has 0 aliphatic heterocycles. The highest BCUT2D eigenvalue weighted by Crippen LogP contribution is 2.31. The summed E-state index contributed by atoms with van der Waals surface area (Å²) in [6.45, 7) is 4.30. The Balaban J connectivity index is 2.26. The molecule has 0 bridgehead atoms. The maximum absolute atomic E-state index is 8.83. The minimum Gasteiger partial charge on any atom is -0.456 e. The normalized spacial score (nSPS) is 10.3. The van der Waals surface area contributed by atoms with Crippen molar-refractivity contribution in [3.05, 3.63) is 58.1 Å². The Labute approximate surface area is 121 Å². The van der Waals surface area contributed by atoms with E-state index in [-0.39, 0.29) is 0 Å². The quantitative estimate of drug-likeness (QED) is 0.776. The molecule has 3 heteroatoms. The molecule has 2 rings (SSSR count). The number of nitriles is 1. The predicted octanol–water partition coefficient (Wildman–Crippen LogP) is 5.24. The molecule has 0 atom stereocenters. The summed E-state index contributed by atoms with van der Waals surface area (Å²) >= 11 is 3.42. The second-order valence-corrected chi connectivity index (χ2v) is 5.44. The predicted molar refractivity (Wildman–Crippen MR) is 79.5 cm³/mol. The van der Waals surface area contributed by atoms with Crippen molar-refractivity contribution in [1.82, 2.24) is 0 Å². The van der Waals surface area contributed by atoms with E-state index in [2.05, 4.69) is 41.9 Å². The lowest BCUT2D eigenvalue weighted by Crippen LogP contribution is -1.90. The molecular weight excluding hydrogens is 302 g/mol. The Morgan fingerprint density at radius 3 is 2.58 bits per heavy atom. The van der Waals surface area contributed by atoms with Crippen LogP contribution in [0.5, 0.6) is 11.5 Å². The van der Waals surface area contributed by atoms with E-state index in [0.717, 1.165) is 10.2 Å². The first-order valence-corrected chi connectivity index (χ1v) is 6.87. The molecule has 2 aromatic carbocycles. The standard InChI is InChI=1S/C16H14BrNO/c1-11(2)13-4-3-5-14(9-13)19-16-7-6-12(10-18)8-15(16)17/h3-9,11H,1-2H3. The molecule has 0 aliphatic rings. The third-order valence-corrected chi connectivity index (χ3v) is 3.43. The minimum absolute atomic E-state index is 0.466. The van der Waals surface area contributed by atoms with Crippen LogP contribution in [-0.4, -0.2) is 0 Å². The van der Waals surface area contributed by atoms with Crippen molar-refractivity contribution in [3.63, 3.8) is 0 Å². The maximum atomic E-state index is 8.83. The van der Waals surface area contributed by atoms with Gasteiger partial charge in [-0.05, 0) is 57.7 Å². The van der Waals surface area contributed by atoms with E-state index in [1.807, 2.05) is 18.2 Å². The van der Waals surface area contributed by atoms with Gasteiger partial charge in [-0.1, -0.05) is 26.0 Å². The third kappa shape index (κ3) is 3.36. The Kier molecular flexibility index (Phi) is 4.24. The highest BCUT2D eigenvalue weighted by atomic mass is 79.9. The van der Waals surface area contributed by atoms with Crippen LogP contribution in [0.25, 0.3) is 0 Å². The van der Waals surface area contributed by atoms with E-state index < -0.39 is 0 Å². The molecule has 0 aromatic heterocycles. The Morgan fingerprint density at radius 2 is 1.95 bits per heavy atom. The van der Waals surface area contributed by atoms with Crippen LogP contribution in [0.15, 0.2) is 46.9 Å². The fraction of sp³-hybridized carbons (Fsp3) is 0.188. The second kappa shape index (κ2) is 5.90. The van der Waals surface area contributed by atoms with Crippen LogP contribution >= 0.6 is 15.9 Å². The number of hydrogen-bond donors (Lipinski definition) is 0. The monoisotopic (exact) mass is 315 g/mol. The number of rotatable bonds is 3. The van der Waals surface area contributed by atoms with Crippen LogP contribution < -0.4 is 4.74 Å². The summed E-state index contributed by atoms with van der Waals surface area (Å²) in [4.78, 5) is 0. The number of hydrogen-bond acceptors (Lipinski definition) is 2.